The summed E-state index contributed by atoms with van der Waals surface area (Å²) in [6, 6.07) is 1.49. The molecule has 1 aromatic heterocycles. The fourth-order valence-corrected chi connectivity index (χ4v) is 0.722. The van der Waals surface area contributed by atoms with Crippen LogP contribution in [-0.4, -0.2) is 17.0 Å². The molecule has 0 bridgehead atoms. The van der Waals surface area contributed by atoms with Crippen molar-refractivity contribution < 1.29 is 14.1 Å². The number of hydrogen-bond donors (Lipinski definition) is 0. The van der Waals surface area contributed by atoms with Crippen LogP contribution in [0.15, 0.2) is 10.6 Å². The van der Waals surface area contributed by atoms with Crippen LogP contribution in [0.2, 0.25) is 0 Å². The van der Waals surface area contributed by atoms with Gasteiger partial charge in [0.25, 0.3) is 5.88 Å². The Morgan fingerprint density at radius 3 is 2.75 bits per heavy atom. The van der Waals surface area contributed by atoms with E-state index < -0.39 is 0 Å². The molecule has 0 unspecified atom stereocenters. The van der Waals surface area contributed by atoms with Crippen LogP contribution in [0.25, 0.3) is 0 Å². The van der Waals surface area contributed by atoms with Gasteiger partial charge in [0.1, 0.15) is 0 Å². The van der Waals surface area contributed by atoms with Crippen molar-refractivity contribution >= 4 is 5.78 Å². The summed E-state index contributed by atoms with van der Waals surface area (Å²) in [7, 11) is 0. The summed E-state index contributed by atoms with van der Waals surface area (Å²) in [5.41, 5.74) is 0. The van der Waals surface area contributed by atoms with Gasteiger partial charge in [0.2, 0.25) is 5.76 Å². The molecule has 0 saturated heterocycles. The highest BCUT2D eigenvalue weighted by Crippen LogP contribution is 2.12. The topological polar surface area (TPSA) is 52.3 Å². The molecule has 0 saturated carbocycles. The molecule has 0 atom stereocenters. The second kappa shape index (κ2) is 3.38. The van der Waals surface area contributed by atoms with E-state index in [1.165, 1.54) is 13.0 Å². The van der Waals surface area contributed by atoms with Gasteiger partial charge in [-0.05, 0) is 19.0 Å². The molecule has 0 N–H and O–H groups in total. The maximum atomic E-state index is 10.8. The maximum absolute atomic E-state index is 10.8. The molecule has 66 valence electrons. The lowest BCUT2D eigenvalue weighted by atomic mass is 10.3. The van der Waals surface area contributed by atoms with Gasteiger partial charge in [0.15, 0.2) is 5.78 Å². The molecule has 0 aliphatic rings. The number of Topliss-reactive ketones (excluding diaryl/α,β-unsaturated/α-hetero) is 1. The van der Waals surface area contributed by atoms with Gasteiger partial charge in [-0.1, -0.05) is 0 Å². The lowest BCUT2D eigenvalue weighted by molar-refractivity contribution is 0.0978. The number of carbonyl (C=O) groups is 1. The van der Waals surface area contributed by atoms with Gasteiger partial charge in [0, 0.05) is 6.92 Å². The van der Waals surface area contributed by atoms with Crippen LogP contribution in [0.1, 0.15) is 31.3 Å². The van der Waals surface area contributed by atoms with E-state index in [0.717, 1.165) is 0 Å². The Kier molecular flexibility index (Phi) is 2.47. The average Bonchev–Trinajstić information content (AvgIpc) is 2.34. The standard InChI is InChI=1S/C8H11NO3/c1-5(2)11-8-4-7(6(3)10)12-9-8/h4-5H,1-3H3. The zero-order valence-electron chi connectivity index (χ0n) is 7.33. The van der Waals surface area contributed by atoms with E-state index in [1.54, 1.807) is 0 Å². The van der Waals surface area contributed by atoms with E-state index in [9.17, 15) is 4.79 Å². The highest BCUT2D eigenvalue weighted by atomic mass is 16.5. The summed E-state index contributed by atoms with van der Waals surface area (Å²) in [4.78, 5) is 10.8. The third-order valence-electron chi connectivity index (χ3n) is 1.19. The quantitative estimate of drug-likeness (QED) is 0.646. The zero-order valence-corrected chi connectivity index (χ0v) is 7.33. The number of nitrogens with zero attached hydrogens (tertiary/aromatic N) is 1. The lowest BCUT2D eigenvalue weighted by Crippen LogP contribution is -2.05. The summed E-state index contributed by atoms with van der Waals surface area (Å²) < 4.78 is 9.89. The van der Waals surface area contributed by atoms with Crippen molar-refractivity contribution in [3.8, 4) is 5.88 Å². The Labute approximate surface area is 70.5 Å². The Morgan fingerprint density at radius 2 is 2.33 bits per heavy atom. The maximum Gasteiger partial charge on any atom is 0.255 e. The van der Waals surface area contributed by atoms with Gasteiger partial charge in [0.05, 0.1) is 12.2 Å². The molecular weight excluding hydrogens is 158 g/mol. The van der Waals surface area contributed by atoms with Gasteiger partial charge in [-0.3, -0.25) is 4.79 Å². The summed E-state index contributed by atoms with van der Waals surface area (Å²) in [5.74, 6) is 0.432. The van der Waals surface area contributed by atoms with Gasteiger partial charge >= 0.3 is 0 Å². The van der Waals surface area contributed by atoms with Crippen LogP contribution in [0.4, 0.5) is 0 Å². The normalized spacial score (nSPS) is 10.3. The monoisotopic (exact) mass is 169 g/mol. The SMILES string of the molecule is CC(=O)c1cc(OC(C)C)no1. The molecule has 4 nitrogen and oxygen atoms in total. The molecule has 4 heteroatoms. The highest BCUT2D eigenvalue weighted by molar-refractivity contribution is 5.91. The molecule has 12 heavy (non-hydrogen) atoms. The van der Waals surface area contributed by atoms with E-state index in [1.807, 2.05) is 13.8 Å². The van der Waals surface area contributed by atoms with Gasteiger partial charge in [-0.25, -0.2) is 0 Å². The Morgan fingerprint density at radius 1 is 1.67 bits per heavy atom. The second-order valence-corrected chi connectivity index (χ2v) is 2.75. The van der Waals surface area contributed by atoms with Crippen molar-refractivity contribution in [2.45, 2.75) is 26.9 Å². The van der Waals surface area contributed by atoms with Crippen LogP contribution in [-0.2, 0) is 0 Å². The summed E-state index contributed by atoms with van der Waals surface area (Å²) >= 11 is 0. The van der Waals surface area contributed by atoms with E-state index in [0.29, 0.717) is 5.88 Å². The van der Waals surface area contributed by atoms with Gasteiger partial charge in [-0.2, -0.15) is 0 Å². The van der Waals surface area contributed by atoms with Crippen molar-refractivity contribution in [2.24, 2.45) is 0 Å². The van der Waals surface area contributed by atoms with Crippen LogP contribution in [0.3, 0.4) is 0 Å². The number of carbonyl (C=O) groups excluding carboxylic acids is 1. The molecule has 0 radical (unpaired) electrons. The van der Waals surface area contributed by atoms with Crippen LogP contribution in [0.5, 0.6) is 5.88 Å². The van der Waals surface area contributed by atoms with Crippen molar-refractivity contribution in [2.75, 3.05) is 0 Å². The third-order valence-corrected chi connectivity index (χ3v) is 1.19. The minimum absolute atomic E-state index is 0.0370. The number of ether oxygens (including phenoxy) is 1. The van der Waals surface area contributed by atoms with Crippen molar-refractivity contribution in [3.05, 3.63) is 11.8 Å². The first kappa shape index (κ1) is 8.77. The van der Waals surface area contributed by atoms with Crippen LogP contribution < -0.4 is 4.74 Å². The van der Waals surface area contributed by atoms with Crippen LogP contribution >= 0.6 is 0 Å². The Bertz CT molecular complexity index is 278. The molecule has 0 aliphatic heterocycles. The van der Waals surface area contributed by atoms with Gasteiger partial charge in [-0.15, -0.1) is 0 Å². The largest absolute Gasteiger partial charge is 0.473 e. The molecule has 0 aliphatic carbocycles. The summed E-state index contributed by atoms with van der Waals surface area (Å²) in [6.07, 6.45) is 0.0370. The molecule has 1 aromatic rings. The van der Waals surface area contributed by atoms with E-state index in [2.05, 4.69) is 5.16 Å². The predicted molar refractivity (Wildman–Crippen MR) is 42.3 cm³/mol. The zero-order chi connectivity index (χ0) is 9.14. The predicted octanol–water partition coefficient (Wildman–Crippen LogP) is 1.66. The van der Waals surface area contributed by atoms with Crippen molar-refractivity contribution in [3.63, 3.8) is 0 Å². The molecule has 1 heterocycles. The van der Waals surface area contributed by atoms with E-state index >= 15 is 0 Å². The molecule has 1 rings (SSSR count). The molecule has 0 fully saturated rings. The summed E-state index contributed by atoms with van der Waals surface area (Å²) in [5, 5.41) is 3.56. The first-order valence-electron chi connectivity index (χ1n) is 3.74. The van der Waals surface area contributed by atoms with Crippen LogP contribution in [0, 0.1) is 0 Å². The third kappa shape index (κ3) is 2.08. The molecule has 0 amide bonds. The molecule has 0 aromatic carbocycles. The minimum Gasteiger partial charge on any atom is -0.473 e. The molecule has 0 spiro atoms. The minimum atomic E-state index is -0.152. The fraction of sp³-hybridized carbons (Fsp3) is 0.500. The molecular formula is C8H11NO3. The summed E-state index contributed by atoms with van der Waals surface area (Å²) in [6.45, 7) is 5.17. The average molecular weight is 169 g/mol. The first-order chi connectivity index (χ1) is 5.59. The smallest absolute Gasteiger partial charge is 0.255 e. The highest BCUT2D eigenvalue weighted by Gasteiger charge is 2.09. The number of aromatic nitrogens is 1. The number of rotatable bonds is 3. The Hall–Kier alpha value is -1.32. The van der Waals surface area contributed by atoms with E-state index in [-0.39, 0.29) is 17.6 Å². The van der Waals surface area contributed by atoms with Crippen molar-refractivity contribution in [1.29, 1.82) is 0 Å². The van der Waals surface area contributed by atoms with E-state index in [4.69, 9.17) is 9.26 Å². The fourth-order valence-electron chi connectivity index (χ4n) is 0.722. The van der Waals surface area contributed by atoms with Crippen molar-refractivity contribution in [1.82, 2.24) is 5.16 Å². The second-order valence-electron chi connectivity index (χ2n) is 2.75. The Balaban J connectivity index is 2.71. The number of ketones is 1. The lowest BCUT2D eigenvalue weighted by Gasteiger charge is -2.02. The number of hydrogen-bond acceptors (Lipinski definition) is 4. The first-order valence-corrected chi connectivity index (χ1v) is 3.74. The van der Waals surface area contributed by atoms with Gasteiger partial charge < -0.3 is 9.26 Å².